The maximum atomic E-state index is 12.6. The summed E-state index contributed by atoms with van der Waals surface area (Å²) in [6.45, 7) is 4.48. The Bertz CT molecular complexity index is 1050. The van der Waals surface area contributed by atoms with Crippen LogP contribution in [-0.2, 0) is 27.9 Å². The first kappa shape index (κ1) is 52.1. The third-order valence-corrected chi connectivity index (χ3v) is 9.58. The van der Waals surface area contributed by atoms with Crippen molar-refractivity contribution in [2.75, 3.05) is 33.0 Å². The molecule has 4 unspecified atom stereocenters. The van der Waals surface area contributed by atoms with E-state index in [1.165, 1.54) is 83.5 Å². The molecule has 0 bridgehead atoms. The standard InChI is InChI=1S/C43H78NO9P/c1-3-5-7-9-11-12-13-14-15-16-17-18-19-20-24-28-36-50-38-42(39-52-54(48,49)51-37-35-44)53-43(47)34-29-33-41(46)32-27-23-22-26-31-40(45)30-25-21-10-8-6-4-2/h14-15,21-23,25-27,31-32,40-42,45-46H,3-13,16-20,24,28-30,33-39,44H2,1-2H3,(H,48,49)/b15-14-,23-22+,25-21+,31-26+,32-27+. The van der Waals surface area contributed by atoms with Crippen LogP contribution in [0.3, 0.4) is 0 Å². The van der Waals surface area contributed by atoms with Crippen molar-refractivity contribution in [2.24, 2.45) is 5.73 Å². The molecule has 0 aromatic carbocycles. The molecular formula is C43H78NO9P. The molecule has 0 saturated heterocycles. The third-order valence-electron chi connectivity index (χ3n) is 8.60. The number of hydrogen-bond acceptors (Lipinski definition) is 9. The summed E-state index contributed by atoms with van der Waals surface area (Å²) in [6, 6.07) is 0. The van der Waals surface area contributed by atoms with Gasteiger partial charge in [-0.3, -0.25) is 13.8 Å². The van der Waals surface area contributed by atoms with E-state index in [1.807, 2.05) is 6.08 Å². The Kier molecular flexibility index (Phi) is 38.0. The zero-order valence-corrected chi connectivity index (χ0v) is 34.8. The molecule has 10 nitrogen and oxygen atoms in total. The lowest BCUT2D eigenvalue weighted by molar-refractivity contribution is -0.154. The zero-order valence-electron chi connectivity index (χ0n) is 33.9. The highest BCUT2D eigenvalue weighted by molar-refractivity contribution is 7.47. The topological polar surface area (TPSA) is 158 Å². The molecule has 0 aliphatic heterocycles. The smallest absolute Gasteiger partial charge is 0.457 e. The highest BCUT2D eigenvalue weighted by atomic mass is 31.2. The van der Waals surface area contributed by atoms with Crippen LogP contribution < -0.4 is 5.73 Å². The Hall–Kier alpha value is -1.88. The normalized spacial score (nSPS) is 15.3. The quantitative estimate of drug-likeness (QED) is 0.0155. The number of aliphatic hydroxyl groups excluding tert-OH is 2. The number of rotatable bonds is 39. The predicted octanol–water partition coefficient (Wildman–Crippen LogP) is 10.1. The predicted molar refractivity (Wildman–Crippen MR) is 222 cm³/mol. The number of unbranched alkanes of at least 4 members (excludes halogenated alkanes) is 15. The molecule has 314 valence electrons. The van der Waals surface area contributed by atoms with Crippen LogP contribution in [0.2, 0.25) is 0 Å². The number of esters is 1. The molecule has 0 spiro atoms. The molecule has 4 atom stereocenters. The number of ether oxygens (including phenoxy) is 2. The molecule has 5 N–H and O–H groups in total. The summed E-state index contributed by atoms with van der Waals surface area (Å²) in [7, 11) is -4.35. The molecule has 0 rings (SSSR count). The monoisotopic (exact) mass is 784 g/mol. The summed E-state index contributed by atoms with van der Waals surface area (Å²) in [4.78, 5) is 22.5. The van der Waals surface area contributed by atoms with Gasteiger partial charge in [0.05, 0.1) is 32.0 Å². The zero-order chi connectivity index (χ0) is 39.8. The van der Waals surface area contributed by atoms with E-state index in [-0.39, 0.29) is 32.8 Å². The fourth-order valence-corrected chi connectivity index (χ4v) is 6.18. The Morgan fingerprint density at radius 2 is 1.19 bits per heavy atom. The van der Waals surface area contributed by atoms with Gasteiger partial charge in [-0.2, -0.15) is 0 Å². The number of aliphatic hydroxyl groups is 2. The second-order valence-electron chi connectivity index (χ2n) is 13.9. The van der Waals surface area contributed by atoms with Gasteiger partial charge in [0, 0.05) is 19.6 Å². The van der Waals surface area contributed by atoms with E-state index in [0.717, 1.165) is 32.1 Å². The minimum Gasteiger partial charge on any atom is -0.457 e. The second kappa shape index (κ2) is 39.4. The van der Waals surface area contributed by atoms with Gasteiger partial charge >= 0.3 is 13.8 Å². The van der Waals surface area contributed by atoms with Gasteiger partial charge in [-0.05, 0) is 64.2 Å². The number of phosphoric acid groups is 1. The van der Waals surface area contributed by atoms with E-state index in [2.05, 4.69) is 32.1 Å². The lowest BCUT2D eigenvalue weighted by atomic mass is 10.1. The van der Waals surface area contributed by atoms with Crippen LogP contribution in [0.25, 0.3) is 0 Å². The number of nitrogens with two attached hydrogens (primary N) is 1. The van der Waals surface area contributed by atoms with Crippen molar-refractivity contribution < 1.29 is 43.0 Å². The molecule has 0 fully saturated rings. The fourth-order valence-electron chi connectivity index (χ4n) is 5.42. The van der Waals surface area contributed by atoms with E-state index in [4.69, 9.17) is 24.3 Å². The van der Waals surface area contributed by atoms with Crippen LogP contribution in [0, 0.1) is 0 Å². The van der Waals surface area contributed by atoms with Crippen molar-refractivity contribution in [3.63, 3.8) is 0 Å². The highest BCUT2D eigenvalue weighted by Gasteiger charge is 2.25. The third kappa shape index (κ3) is 38.4. The molecule has 54 heavy (non-hydrogen) atoms. The fraction of sp³-hybridized carbons (Fsp3) is 0.744. The summed E-state index contributed by atoms with van der Waals surface area (Å²) in [5.74, 6) is -0.518. The molecule has 0 radical (unpaired) electrons. The Morgan fingerprint density at radius 3 is 1.81 bits per heavy atom. The van der Waals surface area contributed by atoms with E-state index in [1.54, 1.807) is 36.5 Å². The molecule has 0 aliphatic carbocycles. The molecule has 0 aromatic heterocycles. The van der Waals surface area contributed by atoms with Crippen LogP contribution in [0.5, 0.6) is 0 Å². The first-order valence-corrected chi connectivity index (χ1v) is 22.5. The maximum absolute atomic E-state index is 12.6. The van der Waals surface area contributed by atoms with Crippen molar-refractivity contribution >= 4 is 13.8 Å². The maximum Gasteiger partial charge on any atom is 0.472 e. The summed E-state index contributed by atoms with van der Waals surface area (Å²) in [5.41, 5.74) is 5.35. The van der Waals surface area contributed by atoms with Gasteiger partial charge in [-0.15, -0.1) is 0 Å². The van der Waals surface area contributed by atoms with Crippen molar-refractivity contribution in [3.05, 3.63) is 60.8 Å². The molecule has 0 aromatic rings. The summed E-state index contributed by atoms with van der Waals surface area (Å²) < 4.78 is 33.2. The van der Waals surface area contributed by atoms with E-state index >= 15 is 0 Å². The number of carbonyl (C=O) groups is 1. The van der Waals surface area contributed by atoms with Gasteiger partial charge in [0.15, 0.2) is 0 Å². The van der Waals surface area contributed by atoms with Crippen LogP contribution in [0.4, 0.5) is 0 Å². The second-order valence-corrected chi connectivity index (χ2v) is 15.3. The van der Waals surface area contributed by atoms with Gasteiger partial charge in [0.2, 0.25) is 0 Å². The molecule has 0 heterocycles. The molecule has 0 saturated carbocycles. The summed E-state index contributed by atoms with van der Waals surface area (Å²) >= 11 is 0. The van der Waals surface area contributed by atoms with E-state index < -0.39 is 32.1 Å². The van der Waals surface area contributed by atoms with E-state index in [0.29, 0.717) is 25.9 Å². The summed E-state index contributed by atoms with van der Waals surface area (Å²) in [5, 5.41) is 20.3. The van der Waals surface area contributed by atoms with Crippen LogP contribution in [0.15, 0.2) is 60.8 Å². The van der Waals surface area contributed by atoms with Crippen LogP contribution >= 0.6 is 7.82 Å². The molecular weight excluding hydrogens is 705 g/mol. The van der Waals surface area contributed by atoms with Gasteiger partial charge in [0.1, 0.15) is 6.10 Å². The van der Waals surface area contributed by atoms with Crippen molar-refractivity contribution in [1.29, 1.82) is 0 Å². The number of hydrogen-bond donors (Lipinski definition) is 4. The average Bonchev–Trinajstić information content (AvgIpc) is 3.15. The van der Waals surface area contributed by atoms with E-state index in [9.17, 15) is 24.5 Å². The molecule has 0 amide bonds. The van der Waals surface area contributed by atoms with Crippen molar-refractivity contribution in [1.82, 2.24) is 0 Å². The minimum atomic E-state index is -4.35. The van der Waals surface area contributed by atoms with Crippen molar-refractivity contribution in [3.8, 4) is 0 Å². The Labute approximate surface area is 329 Å². The number of allylic oxidation sites excluding steroid dienone is 7. The SMILES string of the molecule is CCCCC/C=C/CC(O)/C=C/C=C/C=C/C(O)CCCC(=O)OC(COCCCCCCCC/C=C\CCCCCCCC)COP(=O)(O)OCCN. The van der Waals surface area contributed by atoms with Gasteiger partial charge in [-0.1, -0.05) is 145 Å². The van der Waals surface area contributed by atoms with Crippen molar-refractivity contribution in [2.45, 2.75) is 173 Å². The molecule has 11 heteroatoms. The Balaban J connectivity index is 4.35. The van der Waals surface area contributed by atoms with Gasteiger partial charge in [0.25, 0.3) is 0 Å². The highest BCUT2D eigenvalue weighted by Crippen LogP contribution is 2.43. The molecule has 0 aliphatic rings. The Morgan fingerprint density at radius 1 is 0.648 bits per heavy atom. The minimum absolute atomic E-state index is 0.0205. The lowest BCUT2D eigenvalue weighted by Gasteiger charge is -2.20. The lowest BCUT2D eigenvalue weighted by Crippen LogP contribution is -2.28. The van der Waals surface area contributed by atoms with Crippen LogP contribution in [-0.4, -0.2) is 72.4 Å². The average molecular weight is 784 g/mol. The first-order chi connectivity index (χ1) is 26.2. The van der Waals surface area contributed by atoms with Gasteiger partial charge < -0.3 is 30.3 Å². The van der Waals surface area contributed by atoms with Gasteiger partial charge in [-0.25, -0.2) is 4.57 Å². The largest absolute Gasteiger partial charge is 0.472 e. The number of carbonyl (C=O) groups excluding carboxylic acids is 1. The van der Waals surface area contributed by atoms with Crippen LogP contribution in [0.1, 0.15) is 155 Å². The summed E-state index contributed by atoms with van der Waals surface area (Å²) in [6.07, 6.45) is 40.1. The first-order valence-electron chi connectivity index (χ1n) is 21.0. The number of phosphoric ester groups is 1.